The van der Waals surface area contributed by atoms with Gasteiger partial charge in [-0.2, -0.15) is 0 Å². The topological polar surface area (TPSA) is 0 Å². The molecule has 1 aromatic rings. The molecule has 1 rings (SSSR count). The molecule has 0 aliphatic heterocycles. The Morgan fingerprint density at radius 1 is 1.07 bits per heavy atom. The van der Waals surface area contributed by atoms with Gasteiger partial charge < -0.3 is 0 Å². The van der Waals surface area contributed by atoms with Gasteiger partial charge in [0.05, 0.1) is 0 Å². The van der Waals surface area contributed by atoms with E-state index in [1.165, 1.54) is 0 Å². The largest absolute Gasteiger partial charge is 0.204 e. The average molecular weight is 202 g/mol. The van der Waals surface area contributed by atoms with Crippen molar-refractivity contribution in [3.8, 4) is 0 Å². The first-order chi connectivity index (χ1) is 6.38. The summed E-state index contributed by atoms with van der Waals surface area (Å²) in [5, 5.41) is 0. The normalized spacial score (nSPS) is 11.9. The van der Waals surface area contributed by atoms with E-state index in [2.05, 4.69) is 0 Å². The van der Waals surface area contributed by atoms with E-state index >= 15 is 0 Å². The second-order valence-corrected chi connectivity index (χ2v) is 3.99. The highest BCUT2D eigenvalue weighted by atomic mass is 19.2. The van der Waals surface area contributed by atoms with Gasteiger partial charge in [-0.3, -0.25) is 0 Å². The summed E-state index contributed by atoms with van der Waals surface area (Å²) >= 11 is 0. The first-order valence-corrected chi connectivity index (χ1v) is 4.53. The molecule has 78 valence electrons. The lowest BCUT2D eigenvalue weighted by Crippen LogP contribution is -2.16. The minimum atomic E-state index is -1.40. The van der Waals surface area contributed by atoms with Crippen molar-refractivity contribution >= 4 is 0 Å². The van der Waals surface area contributed by atoms with Gasteiger partial charge in [0.1, 0.15) is 0 Å². The van der Waals surface area contributed by atoms with Gasteiger partial charge in [0.25, 0.3) is 0 Å². The van der Waals surface area contributed by atoms with Crippen LogP contribution in [0.4, 0.5) is 13.2 Å². The van der Waals surface area contributed by atoms with Crippen LogP contribution in [0.15, 0.2) is 12.1 Å². The molecule has 0 saturated heterocycles. The Balaban J connectivity index is 3.26. The maximum Gasteiger partial charge on any atom is 0.194 e. The molecule has 3 heteroatoms. The van der Waals surface area contributed by atoms with Crippen LogP contribution in [0, 0.1) is 17.5 Å². The second kappa shape index (κ2) is 3.64. The maximum atomic E-state index is 12.9. The monoisotopic (exact) mass is 202 g/mol. The van der Waals surface area contributed by atoms with E-state index < -0.39 is 17.5 Å². The predicted molar refractivity (Wildman–Crippen MR) is 49.6 cm³/mol. The fraction of sp³-hybridized carbons (Fsp3) is 0.455. The Hall–Kier alpha value is -0.990. The zero-order valence-electron chi connectivity index (χ0n) is 8.50. The highest BCUT2D eigenvalue weighted by Gasteiger charge is 2.21. The van der Waals surface area contributed by atoms with Gasteiger partial charge in [-0.05, 0) is 29.5 Å². The molecule has 0 aliphatic rings. The molecule has 0 unspecified atom stereocenters. The Labute approximate surface area is 81.8 Å². The van der Waals surface area contributed by atoms with Crippen LogP contribution in [-0.4, -0.2) is 0 Å². The molecule has 1 aromatic carbocycles. The van der Waals surface area contributed by atoms with E-state index in [9.17, 15) is 13.2 Å². The van der Waals surface area contributed by atoms with Gasteiger partial charge >= 0.3 is 0 Å². The Bertz CT molecular complexity index is 319. The maximum absolute atomic E-state index is 12.9. The molecule has 0 aromatic heterocycles. The molecule has 0 fully saturated rings. The molecule has 0 amide bonds. The first-order valence-electron chi connectivity index (χ1n) is 4.53. The zero-order chi connectivity index (χ0) is 10.9. The number of halogens is 3. The van der Waals surface area contributed by atoms with Crippen molar-refractivity contribution in [2.24, 2.45) is 0 Å². The van der Waals surface area contributed by atoms with Crippen molar-refractivity contribution < 1.29 is 13.2 Å². The number of hydrogen-bond acceptors (Lipinski definition) is 0. The molecule has 14 heavy (non-hydrogen) atoms. The van der Waals surface area contributed by atoms with Crippen molar-refractivity contribution in [1.82, 2.24) is 0 Å². The molecule has 0 N–H and O–H groups in total. The molecule has 0 atom stereocenters. The first kappa shape index (κ1) is 11.1. The lowest BCUT2D eigenvalue weighted by atomic mass is 9.82. The molecular formula is C11H13F3. The van der Waals surface area contributed by atoms with Gasteiger partial charge in [0.15, 0.2) is 17.5 Å². The smallest absolute Gasteiger partial charge is 0.194 e. The van der Waals surface area contributed by atoms with Crippen molar-refractivity contribution in [2.75, 3.05) is 0 Å². The SMILES string of the molecule is CCC(C)(C)c1cc(F)c(F)c(F)c1. The fourth-order valence-corrected chi connectivity index (χ4v) is 1.15. The molecule has 0 nitrogen and oxygen atoms in total. The van der Waals surface area contributed by atoms with Gasteiger partial charge in [-0.25, -0.2) is 13.2 Å². The van der Waals surface area contributed by atoms with Crippen molar-refractivity contribution in [3.63, 3.8) is 0 Å². The van der Waals surface area contributed by atoms with Crippen LogP contribution in [0.2, 0.25) is 0 Å². The van der Waals surface area contributed by atoms with E-state index in [4.69, 9.17) is 0 Å². The van der Waals surface area contributed by atoms with Crippen LogP contribution in [-0.2, 0) is 5.41 Å². The van der Waals surface area contributed by atoms with Gasteiger partial charge in [-0.1, -0.05) is 20.8 Å². The summed E-state index contributed by atoms with van der Waals surface area (Å²) < 4.78 is 38.4. The lowest BCUT2D eigenvalue weighted by Gasteiger charge is -2.23. The van der Waals surface area contributed by atoms with Crippen molar-refractivity contribution in [3.05, 3.63) is 35.1 Å². The third-order valence-electron chi connectivity index (χ3n) is 2.65. The standard InChI is InChI=1S/C11H13F3/c1-4-11(2,3)7-5-8(12)10(14)9(13)6-7/h5-6H,4H2,1-3H3. The van der Waals surface area contributed by atoms with Crippen molar-refractivity contribution in [1.29, 1.82) is 0 Å². The molecule has 0 spiro atoms. The summed E-state index contributed by atoms with van der Waals surface area (Å²) in [6.07, 6.45) is 0.734. The van der Waals surface area contributed by atoms with Crippen molar-refractivity contribution in [2.45, 2.75) is 32.6 Å². The quantitative estimate of drug-likeness (QED) is 0.640. The summed E-state index contributed by atoms with van der Waals surface area (Å²) in [4.78, 5) is 0. The number of benzene rings is 1. The summed E-state index contributed by atoms with van der Waals surface area (Å²) in [7, 11) is 0. The Kier molecular flexibility index (Phi) is 2.88. The predicted octanol–water partition coefficient (Wildman–Crippen LogP) is 3.79. The van der Waals surface area contributed by atoms with Gasteiger partial charge in [0.2, 0.25) is 0 Å². The van der Waals surface area contributed by atoms with Crippen LogP contribution < -0.4 is 0 Å². The summed E-state index contributed by atoms with van der Waals surface area (Å²) in [6, 6.07) is 2.11. The summed E-state index contributed by atoms with van der Waals surface area (Å²) in [6.45, 7) is 5.64. The fourth-order valence-electron chi connectivity index (χ4n) is 1.15. The third-order valence-corrected chi connectivity index (χ3v) is 2.65. The summed E-state index contributed by atoms with van der Waals surface area (Å²) in [5.74, 6) is -3.65. The summed E-state index contributed by atoms with van der Waals surface area (Å²) in [5.41, 5.74) is 0.145. The van der Waals surface area contributed by atoms with E-state index in [1.54, 1.807) is 0 Å². The lowest BCUT2D eigenvalue weighted by molar-refractivity contribution is 0.432. The highest BCUT2D eigenvalue weighted by molar-refractivity contribution is 5.26. The second-order valence-electron chi connectivity index (χ2n) is 3.99. The van der Waals surface area contributed by atoms with Gasteiger partial charge in [-0.15, -0.1) is 0 Å². The van der Waals surface area contributed by atoms with E-state index in [1.807, 2.05) is 20.8 Å². The Morgan fingerprint density at radius 2 is 1.50 bits per heavy atom. The molecule has 0 saturated carbocycles. The average Bonchev–Trinajstić information content (AvgIpc) is 2.13. The number of rotatable bonds is 2. The van der Waals surface area contributed by atoms with Gasteiger partial charge in [0, 0.05) is 0 Å². The molecule has 0 aliphatic carbocycles. The van der Waals surface area contributed by atoms with E-state index in [0.29, 0.717) is 5.56 Å². The van der Waals surface area contributed by atoms with Crippen LogP contribution in [0.5, 0.6) is 0 Å². The third kappa shape index (κ3) is 1.91. The van der Waals surface area contributed by atoms with E-state index in [-0.39, 0.29) is 5.41 Å². The highest BCUT2D eigenvalue weighted by Crippen LogP contribution is 2.28. The zero-order valence-corrected chi connectivity index (χ0v) is 8.50. The molecule has 0 heterocycles. The molecular weight excluding hydrogens is 189 g/mol. The Morgan fingerprint density at radius 3 is 1.86 bits per heavy atom. The number of hydrogen-bond donors (Lipinski definition) is 0. The molecule has 0 radical (unpaired) electrons. The van der Waals surface area contributed by atoms with E-state index in [0.717, 1.165) is 18.6 Å². The minimum Gasteiger partial charge on any atom is -0.204 e. The molecule has 0 bridgehead atoms. The van der Waals surface area contributed by atoms with Crippen LogP contribution in [0.1, 0.15) is 32.8 Å². The van der Waals surface area contributed by atoms with Crippen LogP contribution in [0.3, 0.4) is 0 Å². The van der Waals surface area contributed by atoms with Crippen LogP contribution in [0.25, 0.3) is 0 Å². The van der Waals surface area contributed by atoms with Crippen LogP contribution >= 0.6 is 0 Å². The minimum absolute atomic E-state index is 0.338.